The zero-order chi connectivity index (χ0) is 29.9. The molecule has 43 heavy (non-hydrogen) atoms. The number of piperazine rings is 1. The molecule has 1 amide bonds. The number of nitriles is 1. The van der Waals surface area contributed by atoms with Crippen LogP contribution in [0.5, 0.6) is 6.01 Å². The zero-order valence-corrected chi connectivity index (χ0v) is 25.3. The van der Waals surface area contributed by atoms with Crippen molar-refractivity contribution < 1.29 is 9.53 Å². The molecule has 3 aliphatic rings. The summed E-state index contributed by atoms with van der Waals surface area (Å²) in [6.45, 7) is 10.9. The highest BCUT2D eigenvalue weighted by Gasteiger charge is 2.33. The molecule has 3 aliphatic heterocycles. The van der Waals surface area contributed by atoms with E-state index in [4.69, 9.17) is 14.7 Å². The van der Waals surface area contributed by atoms with Crippen LogP contribution in [0.2, 0.25) is 0 Å². The lowest BCUT2D eigenvalue weighted by atomic mass is 10.0. The maximum absolute atomic E-state index is 12.6. The molecule has 6 rings (SSSR count). The van der Waals surface area contributed by atoms with Crippen LogP contribution in [-0.4, -0.2) is 90.7 Å². The van der Waals surface area contributed by atoms with E-state index in [0.717, 1.165) is 56.0 Å². The average molecular weight is 580 g/mol. The maximum Gasteiger partial charge on any atom is 0.318 e. The molecule has 0 bridgehead atoms. The molecule has 9 heteroatoms. The molecule has 0 N–H and O–H groups in total. The van der Waals surface area contributed by atoms with E-state index in [-0.39, 0.29) is 18.4 Å². The molecule has 2 atom stereocenters. The van der Waals surface area contributed by atoms with Crippen LogP contribution in [0, 0.1) is 18.3 Å². The molecule has 0 unspecified atom stereocenters. The minimum absolute atomic E-state index is 0.132. The third-order valence-electron chi connectivity index (χ3n) is 9.38. The molecule has 0 spiro atoms. The fourth-order valence-electron chi connectivity index (χ4n) is 6.99. The summed E-state index contributed by atoms with van der Waals surface area (Å²) < 4.78 is 6.30. The van der Waals surface area contributed by atoms with E-state index < -0.39 is 0 Å². The Labute approximate surface area is 254 Å². The van der Waals surface area contributed by atoms with Crippen molar-refractivity contribution in [2.45, 2.75) is 51.1 Å². The summed E-state index contributed by atoms with van der Waals surface area (Å²) in [4.78, 5) is 31.4. The molecule has 9 nitrogen and oxygen atoms in total. The number of nitrogens with zero attached hydrogens (tertiary/aromatic N) is 7. The Kier molecular flexibility index (Phi) is 8.48. The number of amides is 1. The van der Waals surface area contributed by atoms with Crippen LogP contribution in [0.3, 0.4) is 0 Å². The number of carbonyl (C=O) groups is 1. The Morgan fingerprint density at radius 2 is 1.88 bits per heavy atom. The van der Waals surface area contributed by atoms with E-state index in [0.29, 0.717) is 38.3 Å². The Bertz CT molecular complexity index is 1540. The van der Waals surface area contributed by atoms with Gasteiger partial charge in [0.25, 0.3) is 0 Å². The van der Waals surface area contributed by atoms with E-state index in [1.807, 2.05) is 0 Å². The number of aryl methyl sites for hydroxylation is 1. The summed E-state index contributed by atoms with van der Waals surface area (Å²) in [5.74, 6) is 0.747. The van der Waals surface area contributed by atoms with Crippen molar-refractivity contribution in [2.24, 2.45) is 0 Å². The summed E-state index contributed by atoms with van der Waals surface area (Å²) in [6, 6.07) is 15.9. The number of likely N-dealkylation sites (N-methyl/N-ethyl adjacent to an activating group) is 1. The highest BCUT2D eigenvalue weighted by Crippen LogP contribution is 2.34. The lowest BCUT2D eigenvalue weighted by molar-refractivity contribution is -0.128. The molecule has 0 radical (unpaired) electrons. The van der Waals surface area contributed by atoms with Crippen molar-refractivity contribution >= 4 is 28.2 Å². The predicted octanol–water partition coefficient (Wildman–Crippen LogP) is 4.13. The quantitative estimate of drug-likeness (QED) is 0.386. The van der Waals surface area contributed by atoms with Gasteiger partial charge in [0.1, 0.15) is 12.4 Å². The fraction of sp³-hybridized carbons (Fsp3) is 0.471. The van der Waals surface area contributed by atoms with Gasteiger partial charge < -0.3 is 24.3 Å². The van der Waals surface area contributed by atoms with Crippen LogP contribution < -0.4 is 14.5 Å². The molecule has 4 heterocycles. The predicted molar refractivity (Wildman–Crippen MR) is 170 cm³/mol. The summed E-state index contributed by atoms with van der Waals surface area (Å²) in [5.41, 5.74) is 4.70. The number of carbonyl (C=O) groups excluding carboxylic acids is 1. The van der Waals surface area contributed by atoms with E-state index in [1.165, 1.54) is 34.5 Å². The molecule has 2 aromatic carbocycles. The third-order valence-corrected chi connectivity index (χ3v) is 9.38. The number of likely N-dealkylation sites (tertiary alicyclic amines) is 1. The number of rotatable bonds is 7. The summed E-state index contributed by atoms with van der Waals surface area (Å²) >= 11 is 0. The number of benzene rings is 2. The SMILES string of the molecule is C=CC(=O)N1CCN(c2nc(OC[C@@H]3CCCN3C)nc3c2CCN(c2cccc4cccc(C)c24)CC3)C[C@H]1CC#N. The standard InChI is InChI=1S/C34H41N7O2/c1-4-31(42)41-21-20-40(22-26(41)13-16-35)33-28-14-18-39(30-12-6-10-25-9-5-8-24(2)32(25)30)19-15-29(28)36-34(37-33)43-23-27-11-7-17-38(27)3/h4-6,8-10,12,26-27H,1,7,11,13-15,17-23H2,2-3H3/t26-,27+/m1/s1. The second-order valence-electron chi connectivity index (χ2n) is 12.0. The van der Waals surface area contributed by atoms with Crippen molar-refractivity contribution in [3.8, 4) is 12.1 Å². The summed E-state index contributed by atoms with van der Waals surface area (Å²) in [5, 5.41) is 12.1. The van der Waals surface area contributed by atoms with Crippen LogP contribution in [0.4, 0.5) is 11.5 Å². The van der Waals surface area contributed by atoms with E-state index in [9.17, 15) is 10.1 Å². The highest BCUT2D eigenvalue weighted by atomic mass is 16.5. The largest absolute Gasteiger partial charge is 0.462 e. The number of aromatic nitrogens is 2. The molecule has 0 saturated carbocycles. The Morgan fingerprint density at radius 1 is 1.07 bits per heavy atom. The highest BCUT2D eigenvalue weighted by molar-refractivity contribution is 5.97. The van der Waals surface area contributed by atoms with Gasteiger partial charge in [-0.05, 0) is 62.9 Å². The summed E-state index contributed by atoms with van der Waals surface area (Å²) in [7, 11) is 2.15. The van der Waals surface area contributed by atoms with Crippen LogP contribution in [0.25, 0.3) is 10.8 Å². The molecule has 1 aromatic heterocycles. The maximum atomic E-state index is 12.6. The average Bonchev–Trinajstić information content (AvgIpc) is 3.31. The van der Waals surface area contributed by atoms with Crippen molar-refractivity contribution in [1.29, 1.82) is 5.26 Å². The summed E-state index contributed by atoms with van der Waals surface area (Å²) in [6.07, 6.45) is 5.47. The number of hydrogen-bond acceptors (Lipinski definition) is 8. The van der Waals surface area contributed by atoms with Gasteiger partial charge in [-0.1, -0.05) is 36.9 Å². The lowest BCUT2D eigenvalue weighted by Gasteiger charge is -2.41. The van der Waals surface area contributed by atoms with Crippen LogP contribution >= 0.6 is 0 Å². The third kappa shape index (κ3) is 5.89. The van der Waals surface area contributed by atoms with E-state index in [1.54, 1.807) is 4.90 Å². The van der Waals surface area contributed by atoms with Crippen LogP contribution in [0.1, 0.15) is 36.1 Å². The number of hydrogen-bond donors (Lipinski definition) is 0. The minimum Gasteiger partial charge on any atom is -0.462 e. The normalized spacial score (nSPS) is 20.9. The Morgan fingerprint density at radius 3 is 2.65 bits per heavy atom. The van der Waals surface area contributed by atoms with Gasteiger partial charge in [-0.3, -0.25) is 4.79 Å². The first-order valence-corrected chi connectivity index (χ1v) is 15.5. The van der Waals surface area contributed by atoms with Crippen molar-refractivity contribution in [3.63, 3.8) is 0 Å². The second kappa shape index (κ2) is 12.6. The second-order valence-corrected chi connectivity index (χ2v) is 12.0. The topological polar surface area (TPSA) is 88.8 Å². The molecular formula is C34H41N7O2. The van der Waals surface area contributed by atoms with Gasteiger partial charge in [0.15, 0.2) is 0 Å². The monoisotopic (exact) mass is 579 g/mol. The number of ether oxygens (including phenoxy) is 1. The molecule has 224 valence electrons. The van der Waals surface area contributed by atoms with Gasteiger partial charge >= 0.3 is 6.01 Å². The Hall–Kier alpha value is -4.16. The van der Waals surface area contributed by atoms with Gasteiger partial charge in [0.05, 0.1) is 24.2 Å². The van der Waals surface area contributed by atoms with Crippen LogP contribution in [0.15, 0.2) is 49.1 Å². The number of fused-ring (bicyclic) bond motifs is 2. The van der Waals surface area contributed by atoms with Crippen molar-refractivity contribution in [1.82, 2.24) is 19.8 Å². The van der Waals surface area contributed by atoms with Gasteiger partial charge in [-0.25, -0.2) is 0 Å². The molecule has 0 aliphatic carbocycles. The fourth-order valence-corrected chi connectivity index (χ4v) is 6.99. The minimum atomic E-state index is -0.229. The molecule has 3 aromatic rings. The van der Waals surface area contributed by atoms with Gasteiger partial charge in [-0.15, -0.1) is 0 Å². The van der Waals surface area contributed by atoms with E-state index in [2.05, 4.69) is 77.7 Å². The van der Waals surface area contributed by atoms with Crippen LogP contribution in [-0.2, 0) is 17.6 Å². The van der Waals surface area contributed by atoms with E-state index >= 15 is 0 Å². The first kappa shape index (κ1) is 28.9. The van der Waals surface area contributed by atoms with Gasteiger partial charge in [-0.2, -0.15) is 15.2 Å². The smallest absolute Gasteiger partial charge is 0.318 e. The first-order valence-electron chi connectivity index (χ1n) is 15.5. The number of anilines is 2. The molecule has 2 fully saturated rings. The van der Waals surface area contributed by atoms with Gasteiger partial charge in [0.2, 0.25) is 5.91 Å². The van der Waals surface area contributed by atoms with Gasteiger partial charge in [0, 0.05) is 61.8 Å². The lowest BCUT2D eigenvalue weighted by Crippen LogP contribution is -2.55. The molecule has 2 saturated heterocycles. The zero-order valence-electron chi connectivity index (χ0n) is 25.3. The first-order chi connectivity index (χ1) is 21.0. The molecular weight excluding hydrogens is 538 g/mol. The van der Waals surface area contributed by atoms with Crippen molar-refractivity contribution in [2.75, 3.05) is 62.7 Å². The Balaban J connectivity index is 1.32. The van der Waals surface area contributed by atoms with Crippen molar-refractivity contribution in [3.05, 3.63) is 65.9 Å².